The molecule has 0 bridgehead atoms. The SMILES string of the molecule is O=C(Nc1ccccc1)C1=C(F)OCN1F. The summed E-state index contributed by atoms with van der Waals surface area (Å²) in [5, 5.41) is 2.26. The number of carbonyl (C=O) groups excluding carboxylic acids is 1. The van der Waals surface area contributed by atoms with Gasteiger partial charge >= 0.3 is 6.01 Å². The van der Waals surface area contributed by atoms with Crippen LogP contribution in [0.2, 0.25) is 0 Å². The number of para-hydroxylation sites is 1. The van der Waals surface area contributed by atoms with Gasteiger partial charge in [0.25, 0.3) is 5.91 Å². The Bertz CT molecular complexity index is 434. The number of hydrogen-bond donors (Lipinski definition) is 1. The zero-order chi connectivity index (χ0) is 11.5. The zero-order valence-electron chi connectivity index (χ0n) is 8.11. The third-order valence-electron chi connectivity index (χ3n) is 1.98. The molecule has 2 rings (SSSR count). The quantitative estimate of drug-likeness (QED) is 0.783. The van der Waals surface area contributed by atoms with E-state index in [1.54, 1.807) is 30.3 Å². The molecule has 0 atom stereocenters. The summed E-state index contributed by atoms with van der Waals surface area (Å²) in [5.74, 6) is -0.885. The maximum Gasteiger partial charge on any atom is 0.307 e. The highest BCUT2D eigenvalue weighted by atomic mass is 19.2. The van der Waals surface area contributed by atoms with Crippen LogP contribution in [0.4, 0.5) is 14.6 Å². The van der Waals surface area contributed by atoms with E-state index in [9.17, 15) is 13.7 Å². The van der Waals surface area contributed by atoms with Gasteiger partial charge in [0.05, 0.1) is 0 Å². The molecule has 1 heterocycles. The average Bonchev–Trinajstić information content (AvgIpc) is 2.60. The van der Waals surface area contributed by atoms with Crippen molar-refractivity contribution in [2.24, 2.45) is 0 Å². The number of amides is 1. The van der Waals surface area contributed by atoms with Gasteiger partial charge in [0.2, 0.25) is 5.70 Å². The number of hydrogen-bond acceptors (Lipinski definition) is 3. The molecule has 1 aliphatic rings. The highest BCUT2D eigenvalue weighted by Gasteiger charge is 2.30. The summed E-state index contributed by atoms with van der Waals surface area (Å²) in [7, 11) is 0. The van der Waals surface area contributed by atoms with Gasteiger partial charge in [-0.3, -0.25) is 4.79 Å². The molecule has 1 aromatic rings. The fourth-order valence-corrected chi connectivity index (χ4v) is 1.25. The number of halogens is 2. The van der Waals surface area contributed by atoms with Crippen LogP contribution < -0.4 is 5.32 Å². The number of ether oxygens (including phenoxy) is 1. The number of nitrogens with one attached hydrogen (secondary N) is 1. The van der Waals surface area contributed by atoms with Crippen molar-refractivity contribution < 1.29 is 18.4 Å². The van der Waals surface area contributed by atoms with E-state index in [-0.39, 0.29) is 5.12 Å². The van der Waals surface area contributed by atoms with Crippen molar-refractivity contribution >= 4 is 11.6 Å². The van der Waals surface area contributed by atoms with Crippen LogP contribution in [0.1, 0.15) is 0 Å². The summed E-state index contributed by atoms with van der Waals surface area (Å²) in [6, 6.07) is 7.15. The van der Waals surface area contributed by atoms with Crippen molar-refractivity contribution in [3.63, 3.8) is 0 Å². The summed E-state index contributed by atoms with van der Waals surface area (Å²) < 4.78 is 30.1. The number of carbonyl (C=O) groups is 1. The van der Waals surface area contributed by atoms with Crippen LogP contribution in [0.5, 0.6) is 0 Å². The molecular weight excluding hydrogens is 218 g/mol. The van der Waals surface area contributed by atoms with Gasteiger partial charge in [-0.15, -0.1) is 0 Å². The van der Waals surface area contributed by atoms with E-state index < -0.39 is 24.3 Å². The first-order valence-electron chi connectivity index (χ1n) is 4.51. The van der Waals surface area contributed by atoms with Gasteiger partial charge in [-0.2, -0.15) is 9.51 Å². The summed E-state index contributed by atoms with van der Waals surface area (Å²) in [6.45, 7) is -0.608. The van der Waals surface area contributed by atoms with Crippen LogP contribution in [-0.2, 0) is 9.53 Å². The normalized spacial score (nSPS) is 15.0. The van der Waals surface area contributed by atoms with Crippen molar-refractivity contribution in [2.45, 2.75) is 0 Å². The van der Waals surface area contributed by atoms with E-state index in [2.05, 4.69) is 10.1 Å². The summed E-state index contributed by atoms with van der Waals surface area (Å²) in [4.78, 5) is 11.5. The summed E-state index contributed by atoms with van der Waals surface area (Å²) in [6.07, 6.45) is 0. The second-order valence-corrected chi connectivity index (χ2v) is 3.08. The van der Waals surface area contributed by atoms with Crippen molar-refractivity contribution in [1.29, 1.82) is 0 Å². The van der Waals surface area contributed by atoms with Crippen LogP contribution in [-0.4, -0.2) is 17.8 Å². The monoisotopic (exact) mass is 226 g/mol. The smallest absolute Gasteiger partial charge is 0.307 e. The third-order valence-corrected chi connectivity index (χ3v) is 1.98. The molecule has 4 nitrogen and oxygen atoms in total. The van der Waals surface area contributed by atoms with E-state index in [0.717, 1.165) is 0 Å². The zero-order valence-corrected chi connectivity index (χ0v) is 8.11. The standard InChI is InChI=1S/C10H8F2N2O2/c11-9-8(14(12)6-16-9)10(15)13-7-4-2-1-3-5-7/h1-5H,6H2,(H,13,15). The van der Waals surface area contributed by atoms with E-state index in [4.69, 9.17) is 0 Å². The number of anilines is 1. The lowest BCUT2D eigenvalue weighted by Gasteiger charge is -2.07. The molecule has 0 saturated carbocycles. The lowest BCUT2D eigenvalue weighted by molar-refractivity contribution is -0.116. The summed E-state index contributed by atoms with van der Waals surface area (Å²) >= 11 is 0. The number of rotatable bonds is 2. The lowest BCUT2D eigenvalue weighted by atomic mass is 10.3. The van der Waals surface area contributed by atoms with Crippen LogP contribution in [0, 0.1) is 0 Å². The molecule has 0 unspecified atom stereocenters. The van der Waals surface area contributed by atoms with E-state index >= 15 is 0 Å². The van der Waals surface area contributed by atoms with E-state index in [1.165, 1.54) is 0 Å². The number of benzene rings is 1. The topological polar surface area (TPSA) is 41.6 Å². The molecule has 1 aliphatic heterocycles. The Balaban J connectivity index is 2.12. The first-order valence-corrected chi connectivity index (χ1v) is 4.51. The second kappa shape index (κ2) is 4.18. The van der Waals surface area contributed by atoms with E-state index in [1.807, 2.05) is 0 Å². The van der Waals surface area contributed by atoms with Crippen molar-refractivity contribution in [3.05, 3.63) is 42.0 Å². The molecular formula is C10H8F2N2O2. The number of nitrogens with zero attached hydrogens (tertiary/aromatic N) is 1. The maximum atomic E-state index is 12.9. The van der Waals surface area contributed by atoms with Gasteiger partial charge in [-0.05, 0) is 12.1 Å². The second-order valence-electron chi connectivity index (χ2n) is 3.08. The minimum absolute atomic E-state index is 0.0897. The predicted octanol–water partition coefficient (Wildman–Crippen LogP) is 1.94. The van der Waals surface area contributed by atoms with Crippen molar-refractivity contribution in [1.82, 2.24) is 5.12 Å². The Morgan fingerprint density at radius 2 is 2.06 bits per heavy atom. The molecule has 6 heteroatoms. The Hall–Kier alpha value is -2.11. The molecule has 0 aliphatic carbocycles. The summed E-state index contributed by atoms with van der Waals surface area (Å²) in [5.41, 5.74) is -0.294. The fourth-order valence-electron chi connectivity index (χ4n) is 1.25. The van der Waals surface area contributed by atoms with Gasteiger partial charge in [0, 0.05) is 5.69 Å². The molecule has 1 aromatic carbocycles. The van der Waals surface area contributed by atoms with Crippen LogP contribution >= 0.6 is 0 Å². The Labute approximate surface area is 90.0 Å². The predicted molar refractivity (Wildman–Crippen MR) is 52.1 cm³/mol. The fraction of sp³-hybridized carbons (Fsp3) is 0.100. The molecule has 0 spiro atoms. The minimum Gasteiger partial charge on any atom is -0.445 e. The minimum atomic E-state index is -1.21. The first-order chi connectivity index (χ1) is 7.68. The van der Waals surface area contributed by atoms with Crippen molar-refractivity contribution in [2.75, 3.05) is 12.0 Å². The lowest BCUT2D eigenvalue weighted by Crippen LogP contribution is -2.22. The Morgan fingerprint density at radius 3 is 2.62 bits per heavy atom. The molecule has 0 radical (unpaired) electrons. The van der Waals surface area contributed by atoms with Gasteiger partial charge in [0.1, 0.15) is 0 Å². The molecule has 0 aromatic heterocycles. The third kappa shape index (κ3) is 1.95. The highest BCUT2D eigenvalue weighted by molar-refractivity contribution is 6.03. The average molecular weight is 226 g/mol. The van der Waals surface area contributed by atoms with E-state index in [0.29, 0.717) is 5.69 Å². The molecule has 1 N–H and O–H groups in total. The molecule has 0 saturated heterocycles. The molecule has 1 amide bonds. The van der Waals surface area contributed by atoms with Gasteiger partial charge in [0.15, 0.2) is 6.73 Å². The van der Waals surface area contributed by atoms with Crippen LogP contribution in [0.3, 0.4) is 0 Å². The highest BCUT2D eigenvalue weighted by Crippen LogP contribution is 2.22. The Kier molecular flexibility index (Phi) is 2.72. The molecule has 0 fully saturated rings. The Morgan fingerprint density at radius 1 is 1.38 bits per heavy atom. The van der Waals surface area contributed by atoms with Crippen LogP contribution in [0.15, 0.2) is 42.0 Å². The first kappa shape index (κ1) is 10.4. The van der Waals surface area contributed by atoms with Gasteiger partial charge < -0.3 is 10.1 Å². The van der Waals surface area contributed by atoms with Gasteiger partial charge in [-0.25, -0.2) is 0 Å². The largest absolute Gasteiger partial charge is 0.445 e. The molecule has 84 valence electrons. The maximum absolute atomic E-state index is 12.9. The van der Waals surface area contributed by atoms with Crippen molar-refractivity contribution in [3.8, 4) is 0 Å². The van der Waals surface area contributed by atoms with Gasteiger partial charge in [-0.1, -0.05) is 22.7 Å². The van der Waals surface area contributed by atoms with Crippen LogP contribution in [0.25, 0.3) is 0 Å². The molecule has 16 heavy (non-hydrogen) atoms.